The Morgan fingerprint density at radius 1 is 1.18 bits per heavy atom. The number of benzene rings is 2. The molecular formula is C17H17BrN2O2. The highest BCUT2D eigenvalue weighted by Gasteiger charge is 2.16. The fourth-order valence-electron chi connectivity index (χ4n) is 2.14. The van der Waals surface area contributed by atoms with Crippen LogP contribution in [0, 0.1) is 10.1 Å². The van der Waals surface area contributed by atoms with Crippen LogP contribution < -0.4 is 0 Å². The number of non-ortho nitro benzene ring substituents is 1. The number of halogens is 1. The number of rotatable bonds is 3. The minimum Gasteiger partial charge on any atom is -0.258 e. The second-order valence-electron chi connectivity index (χ2n) is 6.03. The summed E-state index contributed by atoms with van der Waals surface area (Å²) in [6.07, 6.45) is 1.66. The number of aliphatic imine (C=N–C) groups is 1. The molecule has 0 N–H and O–H groups in total. The van der Waals surface area contributed by atoms with Gasteiger partial charge in [0.1, 0.15) is 0 Å². The van der Waals surface area contributed by atoms with Crippen molar-refractivity contribution in [1.29, 1.82) is 0 Å². The minimum atomic E-state index is -0.412. The normalized spacial score (nSPS) is 11.8. The predicted octanol–water partition coefficient (Wildman–Crippen LogP) is 5.41. The van der Waals surface area contributed by atoms with Gasteiger partial charge in [-0.05, 0) is 23.1 Å². The standard InChI is InChI=1S/C17H17BrN2O2/c1-17(2,3)15-6-4-5-7-16(15)19-11-12-8-13(18)10-14(9-12)20(21)22/h4-11H,1-3H3. The van der Waals surface area contributed by atoms with Gasteiger partial charge in [-0.2, -0.15) is 0 Å². The van der Waals surface area contributed by atoms with E-state index in [1.807, 2.05) is 18.2 Å². The Balaban J connectivity index is 2.40. The molecule has 22 heavy (non-hydrogen) atoms. The zero-order chi connectivity index (χ0) is 16.3. The lowest BCUT2D eigenvalue weighted by atomic mass is 9.86. The molecule has 0 saturated heterocycles. The first-order chi connectivity index (χ1) is 10.3. The second-order valence-corrected chi connectivity index (χ2v) is 6.94. The Morgan fingerprint density at radius 2 is 1.86 bits per heavy atom. The first-order valence-corrected chi connectivity index (χ1v) is 7.65. The Labute approximate surface area is 138 Å². The van der Waals surface area contributed by atoms with Crippen LogP contribution in [0.15, 0.2) is 51.9 Å². The molecule has 0 unspecified atom stereocenters. The molecule has 5 heteroatoms. The molecule has 0 amide bonds. The summed E-state index contributed by atoms with van der Waals surface area (Å²) in [5.74, 6) is 0. The van der Waals surface area contributed by atoms with Gasteiger partial charge < -0.3 is 0 Å². The third-order valence-electron chi connectivity index (χ3n) is 3.18. The van der Waals surface area contributed by atoms with Gasteiger partial charge in [-0.25, -0.2) is 0 Å². The summed E-state index contributed by atoms with van der Waals surface area (Å²) in [7, 11) is 0. The average Bonchev–Trinajstić information content (AvgIpc) is 2.44. The summed E-state index contributed by atoms with van der Waals surface area (Å²) in [4.78, 5) is 15.0. The van der Waals surface area contributed by atoms with Gasteiger partial charge in [-0.3, -0.25) is 15.1 Å². The number of nitro groups is 1. The van der Waals surface area contributed by atoms with E-state index >= 15 is 0 Å². The molecule has 0 bridgehead atoms. The molecule has 2 aromatic rings. The van der Waals surface area contributed by atoms with Gasteiger partial charge in [0, 0.05) is 28.4 Å². The third-order valence-corrected chi connectivity index (χ3v) is 3.64. The fourth-order valence-corrected chi connectivity index (χ4v) is 2.64. The zero-order valence-corrected chi connectivity index (χ0v) is 14.3. The van der Waals surface area contributed by atoms with E-state index in [0.717, 1.165) is 11.3 Å². The molecule has 0 saturated carbocycles. The summed E-state index contributed by atoms with van der Waals surface area (Å²) >= 11 is 3.29. The smallest absolute Gasteiger partial charge is 0.258 e. The third kappa shape index (κ3) is 4.01. The number of para-hydroxylation sites is 1. The van der Waals surface area contributed by atoms with Crippen molar-refractivity contribution in [3.63, 3.8) is 0 Å². The maximum atomic E-state index is 10.9. The van der Waals surface area contributed by atoms with Crippen molar-refractivity contribution >= 4 is 33.5 Å². The average molecular weight is 361 g/mol. The molecule has 2 rings (SSSR count). The highest BCUT2D eigenvalue weighted by Crippen LogP contribution is 2.31. The quantitative estimate of drug-likeness (QED) is 0.417. The summed E-state index contributed by atoms with van der Waals surface area (Å²) in [5.41, 5.74) is 2.72. The van der Waals surface area contributed by atoms with Crippen LogP contribution in [-0.4, -0.2) is 11.1 Å². The lowest BCUT2D eigenvalue weighted by molar-refractivity contribution is -0.384. The molecule has 0 aromatic heterocycles. The van der Waals surface area contributed by atoms with Gasteiger partial charge in [0.15, 0.2) is 0 Å². The molecule has 0 aliphatic rings. The van der Waals surface area contributed by atoms with E-state index in [4.69, 9.17) is 0 Å². The Morgan fingerprint density at radius 3 is 2.50 bits per heavy atom. The van der Waals surface area contributed by atoms with Gasteiger partial charge in [-0.15, -0.1) is 0 Å². The Kier molecular flexibility index (Phi) is 4.76. The molecule has 0 fully saturated rings. The van der Waals surface area contributed by atoms with E-state index in [0.29, 0.717) is 10.0 Å². The molecule has 0 heterocycles. The van der Waals surface area contributed by atoms with Crippen LogP contribution in [0.2, 0.25) is 0 Å². The molecule has 2 aromatic carbocycles. The van der Waals surface area contributed by atoms with Crippen molar-refractivity contribution in [1.82, 2.24) is 0 Å². The Bertz CT molecular complexity index is 734. The van der Waals surface area contributed by atoms with E-state index in [2.05, 4.69) is 47.8 Å². The van der Waals surface area contributed by atoms with Gasteiger partial charge >= 0.3 is 0 Å². The molecule has 0 radical (unpaired) electrons. The maximum Gasteiger partial charge on any atom is 0.271 e. The SMILES string of the molecule is CC(C)(C)c1ccccc1N=Cc1cc(Br)cc([N+](=O)[O-])c1. The van der Waals surface area contributed by atoms with Crippen LogP contribution in [0.3, 0.4) is 0 Å². The summed E-state index contributed by atoms with van der Waals surface area (Å²) in [6.45, 7) is 6.39. The number of nitrogens with zero attached hydrogens (tertiary/aromatic N) is 2. The van der Waals surface area contributed by atoms with Crippen LogP contribution in [-0.2, 0) is 5.41 Å². The topological polar surface area (TPSA) is 55.5 Å². The molecule has 0 aliphatic carbocycles. The van der Waals surface area contributed by atoms with E-state index in [-0.39, 0.29) is 11.1 Å². The van der Waals surface area contributed by atoms with E-state index in [1.54, 1.807) is 12.3 Å². The van der Waals surface area contributed by atoms with Crippen molar-refractivity contribution in [2.24, 2.45) is 4.99 Å². The van der Waals surface area contributed by atoms with Gasteiger partial charge in [0.25, 0.3) is 5.69 Å². The summed E-state index contributed by atoms with van der Waals surface area (Å²) in [5, 5.41) is 10.9. The molecule has 4 nitrogen and oxygen atoms in total. The van der Waals surface area contributed by atoms with Gasteiger partial charge in [0.05, 0.1) is 10.6 Å². The van der Waals surface area contributed by atoms with Crippen LogP contribution in [0.1, 0.15) is 31.9 Å². The van der Waals surface area contributed by atoms with Crippen LogP contribution in [0.5, 0.6) is 0 Å². The lowest BCUT2D eigenvalue weighted by Gasteiger charge is -2.20. The fraction of sp³-hybridized carbons (Fsp3) is 0.235. The minimum absolute atomic E-state index is 0.0167. The van der Waals surface area contributed by atoms with Crippen molar-refractivity contribution in [3.05, 3.63) is 68.2 Å². The van der Waals surface area contributed by atoms with Gasteiger partial charge in [-0.1, -0.05) is 54.9 Å². The highest BCUT2D eigenvalue weighted by atomic mass is 79.9. The summed E-state index contributed by atoms with van der Waals surface area (Å²) < 4.78 is 0.659. The second kappa shape index (κ2) is 6.40. The van der Waals surface area contributed by atoms with Crippen molar-refractivity contribution < 1.29 is 4.92 Å². The van der Waals surface area contributed by atoms with E-state index in [1.165, 1.54) is 12.1 Å². The Hall–Kier alpha value is -2.01. The zero-order valence-electron chi connectivity index (χ0n) is 12.7. The van der Waals surface area contributed by atoms with E-state index < -0.39 is 4.92 Å². The molecule has 0 aliphatic heterocycles. The predicted molar refractivity (Wildman–Crippen MR) is 93.2 cm³/mol. The number of nitro benzene ring substituents is 1. The number of hydrogen-bond donors (Lipinski definition) is 0. The first-order valence-electron chi connectivity index (χ1n) is 6.86. The molecular weight excluding hydrogens is 344 g/mol. The van der Waals surface area contributed by atoms with Crippen LogP contribution in [0.25, 0.3) is 0 Å². The lowest BCUT2D eigenvalue weighted by Crippen LogP contribution is -2.11. The largest absolute Gasteiger partial charge is 0.271 e. The van der Waals surface area contributed by atoms with Crippen molar-refractivity contribution in [2.45, 2.75) is 26.2 Å². The molecule has 0 atom stereocenters. The molecule has 114 valence electrons. The van der Waals surface area contributed by atoms with Gasteiger partial charge in [0.2, 0.25) is 0 Å². The first kappa shape index (κ1) is 16.4. The maximum absolute atomic E-state index is 10.9. The molecule has 0 spiro atoms. The van der Waals surface area contributed by atoms with Crippen LogP contribution >= 0.6 is 15.9 Å². The highest BCUT2D eigenvalue weighted by molar-refractivity contribution is 9.10. The van der Waals surface area contributed by atoms with Crippen molar-refractivity contribution in [2.75, 3.05) is 0 Å². The van der Waals surface area contributed by atoms with Crippen LogP contribution in [0.4, 0.5) is 11.4 Å². The van der Waals surface area contributed by atoms with Crippen molar-refractivity contribution in [3.8, 4) is 0 Å². The monoisotopic (exact) mass is 360 g/mol. The number of hydrogen-bond acceptors (Lipinski definition) is 3. The van der Waals surface area contributed by atoms with E-state index in [9.17, 15) is 10.1 Å². The summed E-state index contributed by atoms with van der Waals surface area (Å²) in [6, 6.07) is 12.7.